The average Bonchev–Trinajstić information content (AvgIpc) is 2.85. The van der Waals surface area contributed by atoms with Crippen molar-refractivity contribution in [3.05, 3.63) is 45.6 Å². The molecule has 0 radical (unpaired) electrons. The monoisotopic (exact) mass is 315 g/mol. The average molecular weight is 315 g/mol. The predicted molar refractivity (Wildman–Crippen MR) is 83.2 cm³/mol. The molecule has 2 aromatic rings. The summed E-state index contributed by atoms with van der Waals surface area (Å²) < 4.78 is 1.73. The van der Waals surface area contributed by atoms with Crippen LogP contribution in [0.3, 0.4) is 0 Å². The number of nitro groups is 1. The Morgan fingerprint density at radius 3 is 2.91 bits per heavy atom. The third kappa shape index (κ3) is 2.69. The molecule has 1 N–H and O–H groups in total. The van der Waals surface area contributed by atoms with Crippen LogP contribution in [0.2, 0.25) is 0 Å². The Morgan fingerprint density at radius 2 is 2.22 bits per heavy atom. The molecule has 23 heavy (non-hydrogen) atoms. The Balaban J connectivity index is 2.19. The number of nitrogens with zero attached hydrogens (tertiary/aromatic N) is 3. The summed E-state index contributed by atoms with van der Waals surface area (Å²) in [5, 5.41) is 25.0. The van der Waals surface area contributed by atoms with Gasteiger partial charge in [-0.1, -0.05) is 12.1 Å². The number of hydrogen-bond donors (Lipinski definition) is 1. The SMILES string of the molecule is Cn1nc(-c2ccccc2[N+](=O)[O-])c2c1CCCC2CC(=O)O. The van der Waals surface area contributed by atoms with Gasteiger partial charge in [-0.3, -0.25) is 19.6 Å². The van der Waals surface area contributed by atoms with E-state index in [0.29, 0.717) is 11.3 Å². The zero-order chi connectivity index (χ0) is 16.6. The first kappa shape index (κ1) is 15.2. The van der Waals surface area contributed by atoms with Crippen molar-refractivity contribution >= 4 is 11.7 Å². The van der Waals surface area contributed by atoms with E-state index in [1.165, 1.54) is 6.07 Å². The molecule has 1 aliphatic rings. The number of rotatable bonds is 4. The molecule has 1 unspecified atom stereocenters. The van der Waals surface area contributed by atoms with Crippen LogP contribution in [-0.2, 0) is 18.3 Å². The number of benzene rings is 1. The fourth-order valence-corrected chi connectivity index (χ4v) is 3.41. The second-order valence-corrected chi connectivity index (χ2v) is 5.79. The number of aryl methyl sites for hydroxylation is 1. The first-order valence-corrected chi connectivity index (χ1v) is 7.50. The van der Waals surface area contributed by atoms with Crippen LogP contribution in [0, 0.1) is 10.1 Å². The Labute approximate surface area is 132 Å². The molecule has 7 nitrogen and oxygen atoms in total. The minimum absolute atomic E-state index is 0.00644. The van der Waals surface area contributed by atoms with E-state index in [1.54, 1.807) is 29.9 Å². The topological polar surface area (TPSA) is 98.3 Å². The second-order valence-electron chi connectivity index (χ2n) is 5.79. The summed E-state index contributed by atoms with van der Waals surface area (Å²) in [6, 6.07) is 6.48. The number of carbonyl (C=O) groups is 1. The second kappa shape index (κ2) is 5.83. The van der Waals surface area contributed by atoms with Crippen molar-refractivity contribution in [3.8, 4) is 11.3 Å². The van der Waals surface area contributed by atoms with Gasteiger partial charge >= 0.3 is 5.97 Å². The zero-order valence-electron chi connectivity index (χ0n) is 12.7. The van der Waals surface area contributed by atoms with Gasteiger partial charge in [0.15, 0.2) is 0 Å². The maximum absolute atomic E-state index is 11.3. The minimum atomic E-state index is -0.861. The van der Waals surface area contributed by atoms with Crippen LogP contribution in [-0.4, -0.2) is 25.8 Å². The molecule has 0 spiro atoms. The van der Waals surface area contributed by atoms with Gasteiger partial charge in [0.25, 0.3) is 5.69 Å². The first-order valence-electron chi connectivity index (χ1n) is 7.50. The molecule has 0 amide bonds. The number of aliphatic carboxylic acids is 1. The van der Waals surface area contributed by atoms with Crippen molar-refractivity contribution in [2.45, 2.75) is 31.6 Å². The molecule has 0 saturated heterocycles. The van der Waals surface area contributed by atoms with E-state index in [-0.39, 0.29) is 18.0 Å². The summed E-state index contributed by atoms with van der Waals surface area (Å²) in [6.07, 6.45) is 2.50. The van der Waals surface area contributed by atoms with E-state index < -0.39 is 10.9 Å². The molecule has 1 atom stereocenters. The molecule has 1 aromatic heterocycles. The van der Waals surface area contributed by atoms with E-state index in [2.05, 4.69) is 5.10 Å². The molecule has 120 valence electrons. The van der Waals surface area contributed by atoms with Gasteiger partial charge in [-0.15, -0.1) is 0 Å². The number of carboxylic acid groups (broad SMARTS) is 1. The largest absolute Gasteiger partial charge is 0.481 e. The number of carboxylic acids is 1. The van der Waals surface area contributed by atoms with Gasteiger partial charge in [-0.25, -0.2) is 0 Å². The van der Waals surface area contributed by atoms with Crippen LogP contribution in [0.25, 0.3) is 11.3 Å². The van der Waals surface area contributed by atoms with Gasteiger partial charge in [-0.05, 0) is 31.2 Å². The van der Waals surface area contributed by atoms with Gasteiger partial charge < -0.3 is 5.11 Å². The Morgan fingerprint density at radius 1 is 1.48 bits per heavy atom. The third-order valence-corrected chi connectivity index (χ3v) is 4.36. The summed E-state index contributed by atoms with van der Waals surface area (Å²) in [5.74, 6) is -1.01. The van der Waals surface area contributed by atoms with Crippen molar-refractivity contribution in [2.24, 2.45) is 7.05 Å². The summed E-state index contributed by atoms with van der Waals surface area (Å²) in [7, 11) is 1.81. The predicted octanol–water partition coefficient (Wildman–Crippen LogP) is 2.89. The lowest BCUT2D eigenvalue weighted by atomic mass is 9.82. The van der Waals surface area contributed by atoms with Gasteiger partial charge in [0.1, 0.15) is 5.69 Å². The maximum Gasteiger partial charge on any atom is 0.303 e. The van der Waals surface area contributed by atoms with Crippen LogP contribution in [0.1, 0.15) is 36.4 Å². The van der Waals surface area contributed by atoms with Crippen LogP contribution in [0.15, 0.2) is 24.3 Å². The summed E-state index contributed by atoms with van der Waals surface area (Å²) in [6.45, 7) is 0. The highest BCUT2D eigenvalue weighted by Gasteiger charge is 2.31. The molecular weight excluding hydrogens is 298 g/mol. The molecule has 0 bridgehead atoms. The highest BCUT2D eigenvalue weighted by atomic mass is 16.6. The summed E-state index contributed by atoms with van der Waals surface area (Å²) in [4.78, 5) is 22.1. The molecule has 7 heteroatoms. The highest BCUT2D eigenvalue weighted by molar-refractivity contribution is 5.76. The van der Waals surface area contributed by atoms with Gasteiger partial charge in [-0.2, -0.15) is 5.10 Å². The lowest BCUT2D eigenvalue weighted by Crippen LogP contribution is -2.14. The van der Waals surface area contributed by atoms with E-state index in [0.717, 1.165) is 30.5 Å². The number of para-hydroxylation sites is 1. The van der Waals surface area contributed by atoms with Crippen molar-refractivity contribution in [1.29, 1.82) is 0 Å². The summed E-state index contributed by atoms with van der Waals surface area (Å²) in [5.41, 5.74) is 2.83. The smallest absolute Gasteiger partial charge is 0.303 e. The Hall–Kier alpha value is -2.70. The molecule has 1 aromatic carbocycles. The van der Waals surface area contributed by atoms with Crippen LogP contribution >= 0.6 is 0 Å². The lowest BCUT2D eigenvalue weighted by Gasteiger charge is -2.22. The van der Waals surface area contributed by atoms with Gasteiger partial charge in [0.05, 0.1) is 16.9 Å². The van der Waals surface area contributed by atoms with E-state index in [1.807, 2.05) is 0 Å². The summed E-state index contributed by atoms with van der Waals surface area (Å²) >= 11 is 0. The van der Waals surface area contributed by atoms with E-state index in [4.69, 9.17) is 5.11 Å². The molecule has 3 rings (SSSR count). The Bertz CT molecular complexity index is 782. The number of hydrogen-bond acceptors (Lipinski definition) is 4. The van der Waals surface area contributed by atoms with Crippen LogP contribution in [0.4, 0.5) is 5.69 Å². The normalized spacial score (nSPS) is 16.8. The third-order valence-electron chi connectivity index (χ3n) is 4.36. The van der Waals surface area contributed by atoms with Crippen LogP contribution in [0.5, 0.6) is 0 Å². The lowest BCUT2D eigenvalue weighted by molar-refractivity contribution is -0.384. The molecule has 0 aliphatic heterocycles. The number of nitro benzene ring substituents is 1. The quantitative estimate of drug-likeness (QED) is 0.691. The molecule has 0 saturated carbocycles. The first-order chi connectivity index (χ1) is 11.0. The standard InChI is InChI=1S/C16H17N3O4/c1-18-13-8-4-5-10(9-14(20)21)15(13)16(17-18)11-6-2-3-7-12(11)19(22)23/h2-3,6-7,10H,4-5,8-9H2,1H3,(H,20,21). The minimum Gasteiger partial charge on any atom is -0.481 e. The van der Waals surface area contributed by atoms with Crippen molar-refractivity contribution in [1.82, 2.24) is 9.78 Å². The zero-order valence-corrected chi connectivity index (χ0v) is 12.7. The van der Waals surface area contributed by atoms with Crippen molar-refractivity contribution < 1.29 is 14.8 Å². The fourth-order valence-electron chi connectivity index (χ4n) is 3.41. The van der Waals surface area contributed by atoms with Crippen molar-refractivity contribution in [2.75, 3.05) is 0 Å². The molecular formula is C16H17N3O4. The van der Waals surface area contributed by atoms with Gasteiger partial charge in [0.2, 0.25) is 0 Å². The maximum atomic E-state index is 11.3. The van der Waals surface area contributed by atoms with Crippen molar-refractivity contribution in [3.63, 3.8) is 0 Å². The highest BCUT2D eigenvalue weighted by Crippen LogP contribution is 2.42. The van der Waals surface area contributed by atoms with E-state index in [9.17, 15) is 14.9 Å². The van der Waals surface area contributed by atoms with Crippen LogP contribution < -0.4 is 0 Å². The van der Waals surface area contributed by atoms with Gasteiger partial charge in [0, 0.05) is 24.4 Å². The fraction of sp³-hybridized carbons (Fsp3) is 0.375. The molecule has 0 fully saturated rings. The Kier molecular flexibility index (Phi) is 3.85. The number of fused-ring (bicyclic) bond motifs is 1. The van der Waals surface area contributed by atoms with E-state index >= 15 is 0 Å². The number of aromatic nitrogens is 2. The molecule has 1 heterocycles. The molecule has 1 aliphatic carbocycles.